The van der Waals surface area contributed by atoms with Crippen LogP contribution in [0.25, 0.3) is 11.2 Å². The highest BCUT2D eigenvalue weighted by atomic mass is 35.5. The van der Waals surface area contributed by atoms with Crippen LogP contribution in [-0.2, 0) is 0 Å². The highest BCUT2D eigenvalue weighted by Gasteiger charge is 2.17. The normalized spacial score (nSPS) is 10.9. The summed E-state index contributed by atoms with van der Waals surface area (Å²) < 4.78 is 0. The van der Waals surface area contributed by atoms with Crippen LogP contribution >= 0.6 is 23.4 Å². The van der Waals surface area contributed by atoms with E-state index < -0.39 is 5.91 Å². The monoisotopic (exact) mass is 320 g/mol. The molecule has 0 bridgehead atoms. The van der Waals surface area contributed by atoms with E-state index in [4.69, 9.17) is 23.1 Å². The van der Waals surface area contributed by atoms with Gasteiger partial charge in [-0.1, -0.05) is 23.4 Å². The SMILES string of the molecule is NC(=O)c1cc(N)cc(Cl)c1Sc1ncnc2nc[nH]c12. The Morgan fingerprint density at radius 2 is 2.10 bits per heavy atom. The summed E-state index contributed by atoms with van der Waals surface area (Å²) in [4.78, 5) is 27.3. The van der Waals surface area contributed by atoms with E-state index in [-0.39, 0.29) is 5.56 Å². The maximum Gasteiger partial charge on any atom is 0.249 e. The van der Waals surface area contributed by atoms with Gasteiger partial charge in [0.2, 0.25) is 5.91 Å². The van der Waals surface area contributed by atoms with Gasteiger partial charge in [-0.05, 0) is 12.1 Å². The number of nitrogens with zero attached hydrogens (tertiary/aromatic N) is 3. The van der Waals surface area contributed by atoms with Crippen LogP contribution < -0.4 is 11.5 Å². The topological polar surface area (TPSA) is 124 Å². The molecule has 0 unspecified atom stereocenters. The highest BCUT2D eigenvalue weighted by molar-refractivity contribution is 7.99. The number of amides is 1. The Kier molecular flexibility index (Phi) is 3.40. The van der Waals surface area contributed by atoms with Crippen LogP contribution in [0.2, 0.25) is 5.02 Å². The molecule has 0 radical (unpaired) electrons. The van der Waals surface area contributed by atoms with Crippen molar-refractivity contribution >= 4 is 46.1 Å². The number of nitrogens with two attached hydrogens (primary N) is 2. The number of aromatic nitrogens is 4. The maximum atomic E-state index is 11.6. The molecular formula is C12H9ClN6OS. The van der Waals surface area contributed by atoms with Crippen LogP contribution in [0.1, 0.15) is 10.4 Å². The van der Waals surface area contributed by atoms with E-state index in [1.807, 2.05) is 0 Å². The predicted molar refractivity (Wildman–Crippen MR) is 80.2 cm³/mol. The number of nitrogens with one attached hydrogen (secondary N) is 1. The first-order valence-electron chi connectivity index (χ1n) is 5.77. The summed E-state index contributed by atoms with van der Waals surface area (Å²) in [5.74, 6) is -0.610. The van der Waals surface area contributed by atoms with E-state index in [1.54, 1.807) is 6.07 Å². The van der Waals surface area contributed by atoms with Crippen LogP contribution in [0, 0.1) is 0 Å². The number of fused-ring (bicyclic) bond motifs is 1. The van der Waals surface area contributed by atoms with Crippen molar-refractivity contribution in [2.45, 2.75) is 9.92 Å². The van der Waals surface area contributed by atoms with Crippen molar-refractivity contribution < 1.29 is 4.79 Å². The molecule has 1 amide bonds. The molecule has 2 heterocycles. The number of carbonyl (C=O) groups excluding carboxylic acids is 1. The second-order valence-corrected chi connectivity index (χ2v) is 5.53. The molecule has 21 heavy (non-hydrogen) atoms. The van der Waals surface area contributed by atoms with Gasteiger partial charge in [0.25, 0.3) is 0 Å². The van der Waals surface area contributed by atoms with Gasteiger partial charge in [-0.25, -0.2) is 15.0 Å². The minimum atomic E-state index is -0.610. The lowest BCUT2D eigenvalue weighted by molar-refractivity contribution is 0.0997. The van der Waals surface area contributed by atoms with Gasteiger partial charge >= 0.3 is 0 Å². The zero-order valence-electron chi connectivity index (χ0n) is 10.5. The lowest BCUT2D eigenvalue weighted by Crippen LogP contribution is -2.13. The Bertz CT molecular complexity index is 849. The molecule has 106 valence electrons. The average Bonchev–Trinajstić information content (AvgIpc) is 2.90. The number of rotatable bonds is 3. The van der Waals surface area contributed by atoms with Gasteiger partial charge < -0.3 is 16.5 Å². The first-order chi connectivity index (χ1) is 10.1. The number of primary amides is 1. The summed E-state index contributed by atoms with van der Waals surface area (Å²) in [5, 5.41) is 0.923. The fraction of sp³-hybridized carbons (Fsp3) is 0. The number of benzene rings is 1. The Morgan fingerprint density at radius 1 is 1.29 bits per heavy atom. The number of imidazole rings is 1. The van der Waals surface area contributed by atoms with Gasteiger partial charge in [0, 0.05) is 10.6 Å². The first-order valence-corrected chi connectivity index (χ1v) is 6.96. The third kappa shape index (κ3) is 2.50. The molecule has 2 aromatic heterocycles. The molecule has 3 aromatic rings. The highest BCUT2D eigenvalue weighted by Crippen LogP contribution is 2.38. The minimum absolute atomic E-state index is 0.247. The van der Waals surface area contributed by atoms with E-state index in [9.17, 15) is 4.79 Å². The molecule has 0 aliphatic rings. The lowest BCUT2D eigenvalue weighted by Gasteiger charge is -2.09. The number of nitrogen functional groups attached to an aromatic ring is 1. The number of H-pyrrole nitrogens is 1. The standard InChI is InChI=1S/C12H9ClN6OS/c13-7-2-5(14)1-6(10(15)20)9(7)21-12-8-11(17-3-16-8)18-4-19-12/h1-4H,14H2,(H2,15,20)(H,16,17,18,19). The molecule has 9 heteroatoms. The molecular weight excluding hydrogens is 312 g/mol. The molecule has 0 atom stereocenters. The summed E-state index contributed by atoms with van der Waals surface area (Å²) in [6, 6.07) is 3.05. The summed E-state index contributed by atoms with van der Waals surface area (Å²) >= 11 is 7.38. The molecule has 7 nitrogen and oxygen atoms in total. The van der Waals surface area contributed by atoms with Crippen molar-refractivity contribution in [1.29, 1.82) is 0 Å². The van der Waals surface area contributed by atoms with Gasteiger partial charge in [-0.2, -0.15) is 0 Å². The quantitative estimate of drug-likeness (QED) is 0.499. The van der Waals surface area contributed by atoms with Gasteiger partial charge in [-0.15, -0.1) is 0 Å². The van der Waals surface area contributed by atoms with Gasteiger partial charge in [0.05, 0.1) is 16.9 Å². The van der Waals surface area contributed by atoms with Crippen LogP contribution in [-0.4, -0.2) is 25.8 Å². The average molecular weight is 321 g/mol. The summed E-state index contributed by atoms with van der Waals surface area (Å²) in [6.07, 6.45) is 2.91. The second-order valence-electron chi connectivity index (χ2n) is 4.13. The summed E-state index contributed by atoms with van der Waals surface area (Å²) in [6.45, 7) is 0. The van der Waals surface area contributed by atoms with Crippen LogP contribution in [0.15, 0.2) is 34.7 Å². The fourth-order valence-corrected chi connectivity index (χ4v) is 3.13. The third-order valence-corrected chi connectivity index (χ3v) is 4.28. The van der Waals surface area contributed by atoms with Crippen LogP contribution in [0.4, 0.5) is 5.69 Å². The van der Waals surface area contributed by atoms with Crippen molar-refractivity contribution in [2.24, 2.45) is 5.73 Å². The molecule has 0 saturated heterocycles. The number of aromatic amines is 1. The fourth-order valence-electron chi connectivity index (χ4n) is 1.82. The molecule has 3 rings (SSSR count). The summed E-state index contributed by atoms with van der Waals surface area (Å²) in [5.41, 5.74) is 12.9. The molecule has 0 aliphatic heterocycles. The van der Waals surface area contributed by atoms with Crippen molar-refractivity contribution in [3.8, 4) is 0 Å². The van der Waals surface area contributed by atoms with E-state index >= 15 is 0 Å². The van der Waals surface area contributed by atoms with Crippen molar-refractivity contribution in [3.63, 3.8) is 0 Å². The molecule has 5 N–H and O–H groups in total. The van der Waals surface area contributed by atoms with Crippen LogP contribution in [0.3, 0.4) is 0 Å². The third-order valence-electron chi connectivity index (χ3n) is 2.72. The minimum Gasteiger partial charge on any atom is -0.399 e. The second kappa shape index (κ2) is 5.23. The first kappa shape index (κ1) is 13.7. The largest absolute Gasteiger partial charge is 0.399 e. The number of anilines is 1. The maximum absolute atomic E-state index is 11.6. The Labute approximate surface area is 128 Å². The molecule has 1 aromatic carbocycles. The van der Waals surface area contributed by atoms with Crippen molar-refractivity contribution in [1.82, 2.24) is 19.9 Å². The number of hydrogen-bond donors (Lipinski definition) is 3. The van der Waals surface area contributed by atoms with Crippen molar-refractivity contribution in [2.75, 3.05) is 5.73 Å². The molecule has 0 spiro atoms. The predicted octanol–water partition coefficient (Wildman–Crippen LogP) is 1.84. The zero-order valence-corrected chi connectivity index (χ0v) is 12.1. The van der Waals surface area contributed by atoms with E-state index in [0.717, 1.165) is 0 Å². The van der Waals surface area contributed by atoms with Crippen molar-refractivity contribution in [3.05, 3.63) is 35.4 Å². The van der Waals surface area contributed by atoms with Gasteiger partial charge in [0.15, 0.2) is 5.65 Å². The van der Waals surface area contributed by atoms with E-state index in [1.165, 1.54) is 30.5 Å². The lowest BCUT2D eigenvalue weighted by atomic mass is 10.2. The van der Waals surface area contributed by atoms with E-state index in [2.05, 4.69) is 19.9 Å². The molecule has 0 saturated carbocycles. The number of halogens is 1. The Balaban J connectivity index is 2.13. The Morgan fingerprint density at radius 3 is 2.86 bits per heavy atom. The molecule has 0 aliphatic carbocycles. The van der Waals surface area contributed by atoms with Gasteiger partial charge in [-0.3, -0.25) is 4.79 Å². The zero-order chi connectivity index (χ0) is 15.0. The van der Waals surface area contributed by atoms with Gasteiger partial charge in [0.1, 0.15) is 16.9 Å². The Hall–Kier alpha value is -2.32. The number of hydrogen-bond acceptors (Lipinski definition) is 6. The molecule has 0 fully saturated rings. The van der Waals surface area contributed by atoms with E-state index in [0.29, 0.717) is 31.8 Å². The smallest absolute Gasteiger partial charge is 0.249 e. The number of carbonyl (C=O) groups is 1. The van der Waals surface area contributed by atoms with Crippen LogP contribution in [0.5, 0.6) is 0 Å². The summed E-state index contributed by atoms with van der Waals surface area (Å²) in [7, 11) is 0.